The molecule has 0 N–H and O–H groups in total. The molecule has 13 heavy (non-hydrogen) atoms. The van der Waals surface area contributed by atoms with E-state index >= 15 is 0 Å². The SMILES string of the molecule is [O]S(=O)(=O)c1cc2ccccc2o1. The van der Waals surface area contributed by atoms with Gasteiger partial charge in [-0.2, -0.15) is 8.42 Å². The first kappa shape index (κ1) is 8.28. The average molecular weight is 197 g/mol. The maximum absolute atomic E-state index is 10.6. The molecule has 2 rings (SSSR count). The molecular formula is C8H5O4S. The fourth-order valence-electron chi connectivity index (χ4n) is 1.08. The summed E-state index contributed by atoms with van der Waals surface area (Å²) in [5.74, 6) is 0. The number of benzene rings is 1. The summed E-state index contributed by atoms with van der Waals surface area (Å²) in [6.45, 7) is 0. The molecule has 1 radical (unpaired) electrons. The van der Waals surface area contributed by atoms with Crippen molar-refractivity contribution in [1.29, 1.82) is 0 Å². The number of hydrogen-bond acceptors (Lipinski definition) is 3. The molecular weight excluding hydrogens is 192 g/mol. The van der Waals surface area contributed by atoms with Crippen LogP contribution in [0.5, 0.6) is 0 Å². The van der Waals surface area contributed by atoms with E-state index in [1.54, 1.807) is 24.3 Å². The highest BCUT2D eigenvalue weighted by atomic mass is 32.2. The Hall–Kier alpha value is -1.33. The lowest BCUT2D eigenvalue weighted by Gasteiger charge is -1.84. The Bertz CT molecular complexity index is 505. The Morgan fingerprint density at radius 1 is 1.15 bits per heavy atom. The third-order valence-corrected chi connectivity index (χ3v) is 2.34. The molecule has 1 aromatic heterocycles. The molecule has 4 nitrogen and oxygen atoms in total. The summed E-state index contributed by atoms with van der Waals surface area (Å²) in [6.07, 6.45) is 0. The molecule has 1 aromatic carbocycles. The first-order valence-electron chi connectivity index (χ1n) is 3.52. The summed E-state index contributed by atoms with van der Waals surface area (Å²) in [5, 5.41) is 0.0747. The van der Waals surface area contributed by atoms with Crippen LogP contribution in [0.4, 0.5) is 0 Å². The van der Waals surface area contributed by atoms with Crippen molar-refractivity contribution in [3.8, 4) is 0 Å². The van der Waals surface area contributed by atoms with Gasteiger partial charge >= 0.3 is 10.1 Å². The highest BCUT2D eigenvalue weighted by Gasteiger charge is 2.17. The molecule has 0 saturated heterocycles. The number of fused-ring (bicyclic) bond motifs is 1. The van der Waals surface area contributed by atoms with E-state index in [1.807, 2.05) is 0 Å². The van der Waals surface area contributed by atoms with E-state index in [4.69, 9.17) is 4.42 Å². The van der Waals surface area contributed by atoms with Crippen LogP contribution in [0.15, 0.2) is 39.8 Å². The van der Waals surface area contributed by atoms with Crippen molar-refractivity contribution in [2.75, 3.05) is 0 Å². The summed E-state index contributed by atoms with van der Waals surface area (Å²) < 4.78 is 36.5. The van der Waals surface area contributed by atoms with E-state index in [1.165, 1.54) is 6.07 Å². The lowest BCUT2D eigenvalue weighted by Crippen LogP contribution is -1.92. The smallest absolute Gasteiger partial charge is 0.357 e. The van der Waals surface area contributed by atoms with E-state index in [9.17, 15) is 13.0 Å². The van der Waals surface area contributed by atoms with Crippen LogP contribution in [0.1, 0.15) is 0 Å². The molecule has 0 fully saturated rings. The van der Waals surface area contributed by atoms with Crippen molar-refractivity contribution in [1.82, 2.24) is 0 Å². The van der Waals surface area contributed by atoms with Gasteiger partial charge < -0.3 is 4.42 Å². The molecule has 0 bridgehead atoms. The molecule has 0 atom stereocenters. The second kappa shape index (κ2) is 2.58. The average Bonchev–Trinajstić information content (AvgIpc) is 2.45. The van der Waals surface area contributed by atoms with Gasteiger partial charge in [-0.05, 0) is 6.07 Å². The van der Waals surface area contributed by atoms with E-state index in [-0.39, 0.29) is 0 Å². The minimum Gasteiger partial charge on any atom is -0.442 e. The van der Waals surface area contributed by atoms with Gasteiger partial charge in [0.15, 0.2) is 0 Å². The molecule has 0 aliphatic rings. The molecule has 2 aromatic rings. The Morgan fingerprint density at radius 2 is 1.85 bits per heavy atom. The standard InChI is InChI=1S/C8H5O4S/c9-13(10,11)8-5-6-3-1-2-4-7(6)12-8/h1-5H. The minimum atomic E-state index is -4.48. The predicted octanol–water partition coefficient (Wildman–Crippen LogP) is 1.55. The summed E-state index contributed by atoms with van der Waals surface area (Å²) in [4.78, 5) is 0. The molecule has 0 amide bonds. The largest absolute Gasteiger partial charge is 0.442 e. The van der Waals surface area contributed by atoms with Gasteiger partial charge in [0.2, 0.25) is 5.09 Å². The molecule has 0 spiro atoms. The normalized spacial score (nSPS) is 12.1. The van der Waals surface area contributed by atoms with Gasteiger partial charge in [-0.3, -0.25) is 0 Å². The molecule has 0 saturated carbocycles. The third-order valence-electron chi connectivity index (χ3n) is 1.65. The quantitative estimate of drug-likeness (QED) is 0.696. The van der Waals surface area contributed by atoms with Crippen LogP contribution in [-0.4, -0.2) is 8.42 Å². The summed E-state index contributed by atoms with van der Waals surface area (Å²) >= 11 is 0. The van der Waals surface area contributed by atoms with E-state index in [0.29, 0.717) is 11.0 Å². The van der Waals surface area contributed by atoms with E-state index < -0.39 is 15.2 Å². The number of para-hydroxylation sites is 1. The Morgan fingerprint density at radius 3 is 2.46 bits per heavy atom. The van der Waals surface area contributed by atoms with E-state index in [0.717, 1.165) is 0 Å². The first-order chi connectivity index (χ1) is 6.07. The maximum atomic E-state index is 10.6. The van der Waals surface area contributed by atoms with Crippen LogP contribution < -0.4 is 0 Å². The fourth-order valence-corrected chi connectivity index (χ4v) is 1.54. The van der Waals surface area contributed by atoms with Crippen molar-refractivity contribution >= 4 is 21.1 Å². The summed E-state index contributed by atoms with van der Waals surface area (Å²) in [7, 11) is -4.48. The van der Waals surface area contributed by atoms with Crippen molar-refractivity contribution in [3.05, 3.63) is 30.3 Å². The zero-order valence-corrected chi connectivity index (χ0v) is 7.24. The Balaban J connectivity index is 2.77. The third kappa shape index (κ3) is 1.43. The molecule has 0 aliphatic carbocycles. The zero-order valence-electron chi connectivity index (χ0n) is 6.43. The first-order valence-corrected chi connectivity index (χ1v) is 4.93. The second-order valence-electron chi connectivity index (χ2n) is 2.56. The van der Waals surface area contributed by atoms with Crippen molar-refractivity contribution in [2.24, 2.45) is 0 Å². The van der Waals surface area contributed by atoms with Crippen LogP contribution in [0, 0.1) is 0 Å². The molecule has 0 aliphatic heterocycles. The monoisotopic (exact) mass is 197 g/mol. The van der Waals surface area contributed by atoms with Crippen molar-refractivity contribution in [2.45, 2.75) is 5.09 Å². The number of furan rings is 1. The molecule has 0 unspecified atom stereocenters. The number of hydrogen-bond donors (Lipinski definition) is 0. The molecule has 67 valence electrons. The zero-order chi connectivity index (χ0) is 9.47. The summed E-state index contributed by atoms with van der Waals surface area (Å²) in [6, 6.07) is 7.93. The lowest BCUT2D eigenvalue weighted by atomic mass is 10.3. The highest BCUT2D eigenvalue weighted by molar-refractivity contribution is 7.85. The van der Waals surface area contributed by atoms with Gasteiger partial charge in [-0.15, -0.1) is 0 Å². The van der Waals surface area contributed by atoms with Gasteiger partial charge in [0.05, 0.1) is 0 Å². The van der Waals surface area contributed by atoms with Crippen LogP contribution in [0.25, 0.3) is 11.0 Å². The topological polar surface area (TPSA) is 67.2 Å². The van der Waals surface area contributed by atoms with Crippen LogP contribution in [-0.2, 0) is 14.7 Å². The molecule has 5 heteroatoms. The maximum Gasteiger partial charge on any atom is 0.357 e. The van der Waals surface area contributed by atoms with Gasteiger partial charge in [0.1, 0.15) is 5.58 Å². The predicted molar refractivity (Wildman–Crippen MR) is 44.1 cm³/mol. The second-order valence-corrected chi connectivity index (χ2v) is 3.87. The highest BCUT2D eigenvalue weighted by Crippen LogP contribution is 2.21. The Kier molecular flexibility index (Phi) is 1.64. The van der Waals surface area contributed by atoms with Crippen LogP contribution in [0.3, 0.4) is 0 Å². The van der Waals surface area contributed by atoms with Crippen LogP contribution >= 0.6 is 0 Å². The lowest BCUT2D eigenvalue weighted by molar-refractivity contribution is 0.378. The van der Waals surface area contributed by atoms with Crippen molar-refractivity contribution < 1.29 is 17.4 Å². The molecule has 1 heterocycles. The van der Waals surface area contributed by atoms with Gasteiger partial charge in [-0.1, -0.05) is 22.8 Å². The summed E-state index contributed by atoms with van der Waals surface area (Å²) in [5.41, 5.74) is 0.400. The number of rotatable bonds is 1. The van der Waals surface area contributed by atoms with E-state index in [2.05, 4.69) is 0 Å². The van der Waals surface area contributed by atoms with Gasteiger partial charge in [-0.25, -0.2) is 0 Å². The fraction of sp³-hybridized carbons (Fsp3) is 0. The Labute approximate surface area is 74.5 Å². The van der Waals surface area contributed by atoms with Crippen molar-refractivity contribution in [3.63, 3.8) is 0 Å². The van der Waals surface area contributed by atoms with Gasteiger partial charge in [0, 0.05) is 11.5 Å². The van der Waals surface area contributed by atoms with Crippen LogP contribution in [0.2, 0.25) is 0 Å². The van der Waals surface area contributed by atoms with Gasteiger partial charge in [0.25, 0.3) is 0 Å². The minimum absolute atomic E-state index is 0.400.